The van der Waals surface area contributed by atoms with Gasteiger partial charge in [-0.3, -0.25) is 14.9 Å². The van der Waals surface area contributed by atoms with Crippen molar-refractivity contribution in [3.8, 4) is 17.6 Å². The molecule has 0 aromatic heterocycles. The first-order valence-corrected chi connectivity index (χ1v) is 8.74. The Labute approximate surface area is 168 Å². The third-order valence-corrected chi connectivity index (χ3v) is 4.39. The van der Waals surface area contributed by atoms with E-state index < -0.39 is 4.92 Å². The van der Waals surface area contributed by atoms with Crippen LogP contribution in [0.3, 0.4) is 0 Å². The molecule has 0 saturated heterocycles. The van der Waals surface area contributed by atoms with Crippen LogP contribution in [-0.4, -0.2) is 36.5 Å². The van der Waals surface area contributed by atoms with Gasteiger partial charge in [-0.2, -0.15) is 5.26 Å². The molecular weight excluding hydrogens is 374 g/mol. The number of methoxy groups -OCH3 is 1. The standard InChI is InChI=1S/C21H21N3O5/c1-15(17-5-4-6-18(14-17)24(26)27)23(2)21(25)10-8-16-7-9-19(29-12-11-22)20(13-16)28-3/h4-10,13-15H,12H2,1-3H3/b10-8+/t15-/m1/s1. The van der Waals surface area contributed by atoms with E-state index in [-0.39, 0.29) is 24.2 Å². The Morgan fingerprint density at radius 3 is 2.72 bits per heavy atom. The summed E-state index contributed by atoms with van der Waals surface area (Å²) in [5.41, 5.74) is 1.37. The van der Waals surface area contributed by atoms with E-state index >= 15 is 0 Å². The van der Waals surface area contributed by atoms with Gasteiger partial charge in [0.15, 0.2) is 18.1 Å². The second-order valence-corrected chi connectivity index (χ2v) is 6.17. The fourth-order valence-corrected chi connectivity index (χ4v) is 2.61. The fraction of sp³-hybridized carbons (Fsp3) is 0.238. The molecule has 150 valence electrons. The van der Waals surface area contributed by atoms with Gasteiger partial charge in [0.2, 0.25) is 5.91 Å². The highest BCUT2D eigenvalue weighted by atomic mass is 16.6. The summed E-state index contributed by atoms with van der Waals surface area (Å²) in [4.78, 5) is 24.5. The first kappa shape index (κ1) is 21.4. The predicted octanol–water partition coefficient (Wildman–Crippen LogP) is 3.74. The Morgan fingerprint density at radius 2 is 2.07 bits per heavy atom. The lowest BCUT2D eigenvalue weighted by molar-refractivity contribution is -0.384. The number of likely N-dealkylation sites (N-methyl/N-ethyl adjacent to an activating group) is 1. The minimum absolute atomic E-state index is 0.0171. The molecule has 0 saturated carbocycles. The van der Waals surface area contributed by atoms with Crippen molar-refractivity contribution in [3.05, 3.63) is 69.8 Å². The SMILES string of the molecule is COc1cc(/C=C/C(=O)N(C)[C@H](C)c2cccc([N+](=O)[O-])c2)ccc1OCC#N. The van der Waals surface area contributed by atoms with Crippen molar-refractivity contribution in [2.75, 3.05) is 20.8 Å². The predicted molar refractivity (Wildman–Crippen MR) is 107 cm³/mol. The van der Waals surface area contributed by atoms with Gasteiger partial charge in [0.05, 0.1) is 18.1 Å². The molecule has 0 spiro atoms. The molecule has 0 aliphatic carbocycles. The van der Waals surface area contributed by atoms with Gasteiger partial charge in [0, 0.05) is 25.3 Å². The second kappa shape index (κ2) is 9.90. The number of hydrogen-bond acceptors (Lipinski definition) is 6. The molecular formula is C21H21N3O5. The van der Waals surface area contributed by atoms with E-state index in [1.54, 1.807) is 50.4 Å². The largest absolute Gasteiger partial charge is 0.493 e. The van der Waals surface area contributed by atoms with Gasteiger partial charge in [-0.1, -0.05) is 18.2 Å². The van der Waals surface area contributed by atoms with Crippen molar-refractivity contribution in [1.29, 1.82) is 5.26 Å². The van der Waals surface area contributed by atoms with Crippen LogP contribution in [0.4, 0.5) is 5.69 Å². The van der Waals surface area contributed by atoms with Gasteiger partial charge in [0.25, 0.3) is 5.69 Å². The Morgan fingerprint density at radius 1 is 1.31 bits per heavy atom. The van der Waals surface area contributed by atoms with E-state index in [1.807, 2.05) is 6.07 Å². The summed E-state index contributed by atoms with van der Waals surface area (Å²) in [6.45, 7) is 1.71. The number of carbonyl (C=O) groups is 1. The average molecular weight is 395 g/mol. The molecule has 29 heavy (non-hydrogen) atoms. The molecule has 1 atom stereocenters. The Balaban J connectivity index is 2.12. The molecule has 2 rings (SSSR count). The van der Waals surface area contributed by atoms with Crippen molar-refractivity contribution in [2.24, 2.45) is 0 Å². The Kier molecular flexibility index (Phi) is 7.32. The summed E-state index contributed by atoms with van der Waals surface area (Å²) in [5.74, 6) is 0.634. The zero-order valence-corrected chi connectivity index (χ0v) is 16.4. The number of nitriles is 1. The van der Waals surface area contributed by atoms with E-state index in [1.165, 1.54) is 30.2 Å². The van der Waals surface area contributed by atoms with Crippen molar-refractivity contribution < 1.29 is 19.2 Å². The summed E-state index contributed by atoms with van der Waals surface area (Å²) < 4.78 is 10.5. The summed E-state index contributed by atoms with van der Waals surface area (Å²) in [6, 6.07) is 12.9. The third kappa shape index (κ3) is 5.56. The minimum Gasteiger partial charge on any atom is -0.493 e. The zero-order chi connectivity index (χ0) is 21.4. The molecule has 0 aliphatic heterocycles. The number of rotatable bonds is 8. The first-order valence-electron chi connectivity index (χ1n) is 8.74. The fourth-order valence-electron chi connectivity index (χ4n) is 2.61. The monoisotopic (exact) mass is 395 g/mol. The van der Waals surface area contributed by atoms with Crippen molar-refractivity contribution in [1.82, 2.24) is 4.90 Å². The maximum Gasteiger partial charge on any atom is 0.269 e. The van der Waals surface area contributed by atoms with Crippen LogP contribution in [0.1, 0.15) is 24.1 Å². The lowest BCUT2D eigenvalue weighted by atomic mass is 10.1. The number of nitrogens with zero attached hydrogens (tertiary/aromatic N) is 3. The van der Waals surface area contributed by atoms with Crippen LogP contribution in [0.25, 0.3) is 6.08 Å². The van der Waals surface area contributed by atoms with Crippen molar-refractivity contribution >= 4 is 17.7 Å². The van der Waals surface area contributed by atoms with Gasteiger partial charge in [0.1, 0.15) is 6.07 Å². The zero-order valence-electron chi connectivity index (χ0n) is 16.4. The molecule has 2 aromatic rings. The van der Waals surface area contributed by atoms with E-state index in [9.17, 15) is 14.9 Å². The van der Waals surface area contributed by atoms with E-state index in [4.69, 9.17) is 14.7 Å². The van der Waals surface area contributed by atoms with Crippen LogP contribution in [-0.2, 0) is 4.79 Å². The maximum atomic E-state index is 12.5. The summed E-state index contributed by atoms with van der Waals surface area (Å²) >= 11 is 0. The average Bonchev–Trinajstić information content (AvgIpc) is 2.75. The molecule has 1 amide bonds. The van der Waals surface area contributed by atoms with Gasteiger partial charge >= 0.3 is 0 Å². The van der Waals surface area contributed by atoms with Crippen molar-refractivity contribution in [2.45, 2.75) is 13.0 Å². The van der Waals surface area contributed by atoms with Crippen LogP contribution in [0, 0.1) is 21.4 Å². The molecule has 0 bridgehead atoms. The topological polar surface area (TPSA) is 106 Å². The molecule has 2 aromatic carbocycles. The van der Waals surface area contributed by atoms with E-state index in [0.29, 0.717) is 17.1 Å². The smallest absolute Gasteiger partial charge is 0.269 e. The van der Waals surface area contributed by atoms with Gasteiger partial charge in [-0.25, -0.2) is 0 Å². The Bertz CT molecular complexity index is 965. The third-order valence-electron chi connectivity index (χ3n) is 4.39. The highest BCUT2D eigenvalue weighted by Gasteiger charge is 2.17. The maximum absolute atomic E-state index is 12.5. The lowest BCUT2D eigenvalue weighted by Crippen LogP contribution is -2.28. The van der Waals surface area contributed by atoms with Crippen LogP contribution in [0.2, 0.25) is 0 Å². The molecule has 0 fully saturated rings. The number of hydrogen-bond donors (Lipinski definition) is 0. The number of carbonyl (C=O) groups excluding carboxylic acids is 1. The lowest BCUT2D eigenvalue weighted by Gasteiger charge is -2.24. The highest BCUT2D eigenvalue weighted by molar-refractivity contribution is 5.92. The Hall–Kier alpha value is -3.86. The van der Waals surface area contributed by atoms with Crippen LogP contribution in [0.5, 0.6) is 11.5 Å². The van der Waals surface area contributed by atoms with Gasteiger partial charge < -0.3 is 14.4 Å². The normalized spacial score (nSPS) is 11.5. The van der Waals surface area contributed by atoms with E-state index in [0.717, 1.165) is 5.56 Å². The van der Waals surface area contributed by atoms with Crippen LogP contribution < -0.4 is 9.47 Å². The van der Waals surface area contributed by atoms with Crippen LogP contribution in [0.15, 0.2) is 48.5 Å². The molecule has 0 aliphatic rings. The van der Waals surface area contributed by atoms with Gasteiger partial charge in [-0.15, -0.1) is 0 Å². The van der Waals surface area contributed by atoms with Crippen molar-refractivity contribution in [3.63, 3.8) is 0 Å². The number of amides is 1. The molecule has 0 heterocycles. The number of ether oxygens (including phenoxy) is 2. The number of benzene rings is 2. The molecule has 0 unspecified atom stereocenters. The van der Waals surface area contributed by atoms with Gasteiger partial charge in [-0.05, 0) is 36.3 Å². The van der Waals surface area contributed by atoms with E-state index in [2.05, 4.69) is 0 Å². The van der Waals surface area contributed by atoms with Crippen LogP contribution >= 0.6 is 0 Å². The molecule has 8 heteroatoms. The number of nitro benzene ring substituents is 1. The first-order chi connectivity index (χ1) is 13.9. The quantitative estimate of drug-likeness (QED) is 0.383. The second-order valence-electron chi connectivity index (χ2n) is 6.17. The summed E-state index contributed by atoms with van der Waals surface area (Å²) in [5, 5.41) is 19.6. The molecule has 0 N–H and O–H groups in total. The molecule has 0 radical (unpaired) electrons. The number of nitro groups is 1. The summed E-state index contributed by atoms with van der Waals surface area (Å²) in [6.07, 6.45) is 3.05. The highest BCUT2D eigenvalue weighted by Crippen LogP contribution is 2.29. The number of non-ortho nitro benzene ring substituents is 1. The summed E-state index contributed by atoms with van der Waals surface area (Å²) in [7, 11) is 3.12. The minimum atomic E-state index is -0.463. The molecule has 8 nitrogen and oxygen atoms in total.